The van der Waals surface area contributed by atoms with Crippen LogP contribution in [0.5, 0.6) is 0 Å². The quantitative estimate of drug-likeness (QED) is 0.925. The predicted octanol–water partition coefficient (Wildman–Crippen LogP) is 2.45. The summed E-state index contributed by atoms with van der Waals surface area (Å²) < 4.78 is 0. The van der Waals surface area contributed by atoms with Gasteiger partial charge in [0.2, 0.25) is 11.8 Å². The van der Waals surface area contributed by atoms with Crippen LogP contribution in [0.4, 0.5) is 0 Å². The van der Waals surface area contributed by atoms with Crippen LogP contribution in [0.1, 0.15) is 29.5 Å². The van der Waals surface area contributed by atoms with Gasteiger partial charge >= 0.3 is 0 Å². The lowest BCUT2D eigenvalue weighted by Crippen LogP contribution is -2.44. The zero-order chi connectivity index (χ0) is 14.7. The highest BCUT2D eigenvalue weighted by molar-refractivity contribution is 7.13. The summed E-state index contributed by atoms with van der Waals surface area (Å²) in [4.78, 5) is 27.4. The number of allylic oxidation sites excluding steroid dienone is 2. The van der Waals surface area contributed by atoms with E-state index in [1.54, 1.807) is 17.5 Å². The first-order valence-corrected chi connectivity index (χ1v) is 7.40. The molecule has 0 radical (unpaired) electrons. The van der Waals surface area contributed by atoms with Gasteiger partial charge in [0.05, 0.1) is 0 Å². The number of hydrogen-bond donors (Lipinski definition) is 1. The van der Waals surface area contributed by atoms with Crippen LogP contribution in [0.3, 0.4) is 0 Å². The van der Waals surface area contributed by atoms with Crippen LogP contribution in [0.2, 0.25) is 0 Å². The van der Waals surface area contributed by atoms with Crippen LogP contribution < -0.4 is 5.73 Å². The van der Waals surface area contributed by atoms with Gasteiger partial charge in [0, 0.05) is 22.4 Å². The molecular weight excluding hydrogens is 272 g/mol. The fraction of sp³-hybridized carbons (Fsp3) is 0.333. The maximum Gasteiger partial charge on any atom is 0.240 e. The summed E-state index contributed by atoms with van der Waals surface area (Å²) in [5.74, 6) is -0.573. The van der Waals surface area contributed by atoms with E-state index in [2.05, 4.69) is 6.07 Å². The normalized spacial score (nSPS) is 16.8. The lowest BCUT2D eigenvalue weighted by atomic mass is 10.1. The molecule has 0 saturated heterocycles. The SMILES string of the molecule is CCC(C(N)=O)N1C=CC(c2ccc(C)s2)=CCC1=O. The third-order valence-electron chi connectivity index (χ3n) is 3.28. The highest BCUT2D eigenvalue weighted by atomic mass is 32.1. The van der Waals surface area contributed by atoms with E-state index in [4.69, 9.17) is 5.73 Å². The van der Waals surface area contributed by atoms with Gasteiger partial charge < -0.3 is 10.6 Å². The van der Waals surface area contributed by atoms with E-state index in [9.17, 15) is 9.59 Å². The molecule has 1 aromatic heterocycles. The first-order chi connectivity index (χ1) is 9.52. The molecule has 0 spiro atoms. The largest absolute Gasteiger partial charge is 0.368 e. The molecule has 0 aliphatic carbocycles. The Balaban J connectivity index is 2.26. The van der Waals surface area contributed by atoms with E-state index in [-0.39, 0.29) is 12.3 Å². The van der Waals surface area contributed by atoms with Gasteiger partial charge in [0.1, 0.15) is 6.04 Å². The molecule has 0 bridgehead atoms. The Hall–Kier alpha value is -1.88. The van der Waals surface area contributed by atoms with Crippen LogP contribution in [0.15, 0.2) is 30.5 Å². The van der Waals surface area contributed by atoms with Gasteiger partial charge in [-0.05, 0) is 37.1 Å². The van der Waals surface area contributed by atoms with Crippen molar-refractivity contribution < 1.29 is 9.59 Å². The minimum absolute atomic E-state index is 0.102. The van der Waals surface area contributed by atoms with Gasteiger partial charge in [-0.2, -0.15) is 0 Å². The van der Waals surface area contributed by atoms with Gasteiger partial charge in [0.15, 0.2) is 0 Å². The molecule has 106 valence electrons. The Morgan fingerprint density at radius 3 is 2.80 bits per heavy atom. The number of amides is 2. The van der Waals surface area contributed by atoms with Crippen LogP contribution in [-0.2, 0) is 9.59 Å². The summed E-state index contributed by atoms with van der Waals surface area (Å²) in [6, 6.07) is 3.52. The Morgan fingerprint density at radius 1 is 1.50 bits per heavy atom. The third-order valence-corrected chi connectivity index (χ3v) is 4.32. The highest BCUT2D eigenvalue weighted by Gasteiger charge is 2.25. The van der Waals surface area contributed by atoms with Gasteiger partial charge in [-0.1, -0.05) is 13.0 Å². The molecule has 0 aromatic carbocycles. The van der Waals surface area contributed by atoms with Crippen molar-refractivity contribution in [2.45, 2.75) is 32.7 Å². The Morgan fingerprint density at radius 2 is 2.25 bits per heavy atom. The van der Waals surface area contributed by atoms with Gasteiger partial charge in [0.25, 0.3) is 0 Å². The van der Waals surface area contributed by atoms with Crippen LogP contribution >= 0.6 is 11.3 Å². The highest BCUT2D eigenvalue weighted by Crippen LogP contribution is 2.27. The number of hydrogen-bond acceptors (Lipinski definition) is 3. The van der Waals surface area contributed by atoms with Crippen molar-refractivity contribution in [1.29, 1.82) is 0 Å². The molecule has 1 unspecified atom stereocenters. The lowest BCUT2D eigenvalue weighted by molar-refractivity contribution is -0.135. The van der Waals surface area contributed by atoms with E-state index in [1.165, 1.54) is 9.78 Å². The Kier molecular flexibility index (Phi) is 4.39. The van der Waals surface area contributed by atoms with Crippen molar-refractivity contribution in [2.75, 3.05) is 0 Å². The fourth-order valence-corrected chi connectivity index (χ4v) is 3.09. The molecule has 5 heteroatoms. The smallest absolute Gasteiger partial charge is 0.240 e. The average Bonchev–Trinajstić information content (AvgIpc) is 2.74. The van der Waals surface area contributed by atoms with E-state index in [0.717, 1.165) is 10.5 Å². The van der Waals surface area contributed by atoms with Gasteiger partial charge in [-0.3, -0.25) is 9.59 Å². The zero-order valence-corrected chi connectivity index (χ0v) is 12.4. The second kappa shape index (κ2) is 6.05. The zero-order valence-electron chi connectivity index (χ0n) is 11.6. The first-order valence-electron chi connectivity index (χ1n) is 6.58. The molecule has 0 fully saturated rings. The van der Waals surface area contributed by atoms with Crippen molar-refractivity contribution in [3.05, 3.63) is 40.2 Å². The molecule has 1 aliphatic heterocycles. The predicted molar refractivity (Wildman–Crippen MR) is 80.9 cm³/mol. The van der Waals surface area contributed by atoms with E-state index in [1.807, 2.05) is 32.1 Å². The lowest BCUT2D eigenvalue weighted by Gasteiger charge is -2.24. The number of aryl methyl sites for hydroxylation is 1. The van der Waals surface area contributed by atoms with Crippen molar-refractivity contribution in [1.82, 2.24) is 4.90 Å². The van der Waals surface area contributed by atoms with Gasteiger partial charge in [-0.15, -0.1) is 11.3 Å². The summed E-state index contributed by atoms with van der Waals surface area (Å²) in [5.41, 5.74) is 6.37. The third kappa shape index (κ3) is 2.99. The second-order valence-corrected chi connectivity index (χ2v) is 6.00. The number of carbonyl (C=O) groups is 2. The minimum Gasteiger partial charge on any atom is -0.368 e. The van der Waals surface area contributed by atoms with Crippen LogP contribution in [0, 0.1) is 6.92 Å². The monoisotopic (exact) mass is 290 g/mol. The first kappa shape index (κ1) is 14.5. The molecule has 2 rings (SSSR count). The van der Waals surface area contributed by atoms with E-state index in [0.29, 0.717) is 6.42 Å². The molecule has 1 atom stereocenters. The molecule has 4 nitrogen and oxygen atoms in total. The molecule has 1 aromatic rings. The topological polar surface area (TPSA) is 63.4 Å². The molecule has 1 aliphatic rings. The number of carbonyl (C=O) groups excluding carboxylic acids is 2. The van der Waals surface area contributed by atoms with Crippen molar-refractivity contribution >= 4 is 28.7 Å². The summed E-state index contributed by atoms with van der Waals surface area (Å²) >= 11 is 1.69. The summed E-state index contributed by atoms with van der Waals surface area (Å²) in [5, 5.41) is 0. The summed E-state index contributed by atoms with van der Waals surface area (Å²) in [6.45, 7) is 3.89. The van der Waals surface area contributed by atoms with Crippen molar-refractivity contribution in [3.63, 3.8) is 0 Å². The summed E-state index contributed by atoms with van der Waals surface area (Å²) in [6.07, 6.45) is 6.25. The van der Waals surface area contributed by atoms with Gasteiger partial charge in [-0.25, -0.2) is 0 Å². The number of primary amides is 1. The van der Waals surface area contributed by atoms with Crippen LogP contribution in [0.25, 0.3) is 5.57 Å². The average molecular weight is 290 g/mol. The Labute approximate surface area is 122 Å². The van der Waals surface area contributed by atoms with E-state index >= 15 is 0 Å². The number of nitrogens with zero attached hydrogens (tertiary/aromatic N) is 1. The fourth-order valence-electron chi connectivity index (χ4n) is 2.20. The number of thiophene rings is 1. The second-order valence-electron chi connectivity index (χ2n) is 4.72. The van der Waals surface area contributed by atoms with Crippen molar-refractivity contribution in [3.8, 4) is 0 Å². The van der Waals surface area contributed by atoms with Crippen LogP contribution in [-0.4, -0.2) is 22.8 Å². The van der Waals surface area contributed by atoms with Crippen molar-refractivity contribution in [2.24, 2.45) is 5.73 Å². The standard InChI is InChI=1S/C15H18N2O2S/c1-3-12(15(16)19)17-9-8-11(5-7-14(17)18)13-6-4-10(2)20-13/h4-6,8-9,12H,3,7H2,1-2H3,(H2,16,19). The molecule has 20 heavy (non-hydrogen) atoms. The van der Waals surface area contributed by atoms with E-state index < -0.39 is 11.9 Å². The molecule has 2 amide bonds. The molecule has 2 heterocycles. The molecule has 0 saturated carbocycles. The Bertz CT molecular complexity index is 586. The maximum absolute atomic E-state index is 12.1. The molecule has 2 N–H and O–H groups in total. The number of nitrogens with two attached hydrogens (primary N) is 1. The number of rotatable bonds is 4. The minimum atomic E-state index is -0.573. The summed E-state index contributed by atoms with van der Waals surface area (Å²) in [7, 11) is 0. The maximum atomic E-state index is 12.1. The molecular formula is C15H18N2O2S.